The van der Waals surface area contributed by atoms with Crippen molar-refractivity contribution in [1.82, 2.24) is 10.3 Å². The number of aromatic nitrogens is 1. The molecule has 0 aliphatic carbocycles. The van der Waals surface area contributed by atoms with Crippen LogP contribution in [-0.4, -0.2) is 28.5 Å². The van der Waals surface area contributed by atoms with Crippen molar-refractivity contribution in [3.63, 3.8) is 0 Å². The van der Waals surface area contributed by atoms with Crippen molar-refractivity contribution >= 4 is 11.9 Å². The fourth-order valence-corrected chi connectivity index (χ4v) is 1.11. The van der Waals surface area contributed by atoms with Gasteiger partial charge in [-0.3, -0.25) is 9.59 Å². The van der Waals surface area contributed by atoms with E-state index in [0.29, 0.717) is 13.0 Å². The molecule has 82 valence electrons. The zero-order chi connectivity index (χ0) is 11.3. The van der Waals surface area contributed by atoms with E-state index in [1.165, 1.54) is 6.92 Å². The molecule has 1 amide bonds. The van der Waals surface area contributed by atoms with Crippen LogP contribution in [0, 0.1) is 5.92 Å². The first-order chi connectivity index (χ1) is 7.11. The molecule has 0 fully saturated rings. The zero-order valence-electron chi connectivity index (χ0n) is 8.49. The summed E-state index contributed by atoms with van der Waals surface area (Å²) in [6.07, 6.45) is 4.34. The summed E-state index contributed by atoms with van der Waals surface area (Å²) >= 11 is 0. The van der Waals surface area contributed by atoms with Gasteiger partial charge in [0.1, 0.15) is 5.92 Å². The quantitative estimate of drug-likeness (QED) is 0.615. The molecule has 0 aliphatic heterocycles. The zero-order valence-corrected chi connectivity index (χ0v) is 8.49. The normalized spacial score (nSPS) is 12.1. The molecule has 1 heterocycles. The van der Waals surface area contributed by atoms with Crippen molar-refractivity contribution < 1.29 is 14.7 Å². The van der Waals surface area contributed by atoms with E-state index in [1.807, 2.05) is 12.3 Å². The van der Waals surface area contributed by atoms with Crippen LogP contribution < -0.4 is 5.32 Å². The molecule has 0 radical (unpaired) electrons. The summed E-state index contributed by atoms with van der Waals surface area (Å²) in [7, 11) is 0. The number of carbonyl (C=O) groups excluding carboxylic acids is 1. The van der Waals surface area contributed by atoms with Crippen molar-refractivity contribution in [2.24, 2.45) is 5.92 Å². The molecule has 0 saturated carbocycles. The van der Waals surface area contributed by atoms with Crippen molar-refractivity contribution in [3.05, 3.63) is 24.0 Å². The van der Waals surface area contributed by atoms with Crippen LogP contribution in [0.1, 0.15) is 12.5 Å². The maximum Gasteiger partial charge on any atom is 0.315 e. The Hall–Kier alpha value is -1.78. The van der Waals surface area contributed by atoms with Crippen LogP contribution in [0.5, 0.6) is 0 Å². The molecule has 1 atom stereocenters. The fraction of sp³-hybridized carbons (Fsp3) is 0.400. The lowest BCUT2D eigenvalue weighted by Gasteiger charge is -2.07. The Morgan fingerprint density at radius 2 is 2.33 bits per heavy atom. The standard InChI is InChI=1S/C10H14N2O3/c1-7(10(14)15)9(13)12-5-3-8-2-4-11-6-8/h2,4,6-7,11H,3,5H2,1H3,(H,12,13)(H,14,15). The SMILES string of the molecule is CC(C(=O)O)C(=O)NCCc1cc[nH]c1. The number of rotatable bonds is 5. The third-order valence-electron chi connectivity index (χ3n) is 2.14. The first-order valence-corrected chi connectivity index (χ1v) is 4.73. The summed E-state index contributed by atoms with van der Waals surface area (Å²) in [5.74, 6) is -2.54. The topological polar surface area (TPSA) is 82.2 Å². The maximum absolute atomic E-state index is 11.2. The van der Waals surface area contributed by atoms with Gasteiger partial charge in [0.05, 0.1) is 0 Å². The van der Waals surface area contributed by atoms with Crippen LogP contribution in [0.4, 0.5) is 0 Å². The van der Waals surface area contributed by atoms with Crippen molar-refractivity contribution in [1.29, 1.82) is 0 Å². The Bertz CT molecular complexity index is 332. The Morgan fingerprint density at radius 1 is 1.60 bits per heavy atom. The number of hydrogen-bond acceptors (Lipinski definition) is 2. The number of hydrogen-bond donors (Lipinski definition) is 3. The first-order valence-electron chi connectivity index (χ1n) is 4.73. The van der Waals surface area contributed by atoms with E-state index in [4.69, 9.17) is 5.11 Å². The van der Waals surface area contributed by atoms with Crippen molar-refractivity contribution in [2.45, 2.75) is 13.3 Å². The predicted molar refractivity (Wildman–Crippen MR) is 54.3 cm³/mol. The monoisotopic (exact) mass is 210 g/mol. The number of carbonyl (C=O) groups is 2. The molecule has 5 heteroatoms. The highest BCUT2D eigenvalue weighted by atomic mass is 16.4. The smallest absolute Gasteiger partial charge is 0.315 e. The van der Waals surface area contributed by atoms with E-state index in [9.17, 15) is 9.59 Å². The molecule has 1 aromatic rings. The molecule has 15 heavy (non-hydrogen) atoms. The number of aromatic amines is 1. The average Bonchev–Trinajstić information content (AvgIpc) is 2.69. The second kappa shape index (κ2) is 5.19. The summed E-state index contributed by atoms with van der Waals surface area (Å²) in [5, 5.41) is 11.1. The van der Waals surface area contributed by atoms with Gasteiger partial charge in [-0.25, -0.2) is 0 Å². The van der Waals surface area contributed by atoms with Gasteiger partial charge in [-0.05, 0) is 25.0 Å². The molecular formula is C10H14N2O3. The molecule has 3 N–H and O–H groups in total. The molecule has 0 aromatic carbocycles. The maximum atomic E-state index is 11.2. The number of carboxylic acids is 1. The molecule has 1 aromatic heterocycles. The largest absolute Gasteiger partial charge is 0.481 e. The van der Waals surface area contributed by atoms with Gasteiger partial charge >= 0.3 is 5.97 Å². The van der Waals surface area contributed by atoms with Crippen LogP contribution in [-0.2, 0) is 16.0 Å². The Balaban J connectivity index is 2.26. The lowest BCUT2D eigenvalue weighted by atomic mass is 10.1. The second-order valence-electron chi connectivity index (χ2n) is 3.32. The average molecular weight is 210 g/mol. The minimum absolute atomic E-state index is 0.446. The Morgan fingerprint density at radius 3 is 2.87 bits per heavy atom. The van der Waals surface area contributed by atoms with Crippen LogP contribution >= 0.6 is 0 Å². The molecular weight excluding hydrogens is 196 g/mol. The van der Waals surface area contributed by atoms with Gasteiger partial charge in [-0.2, -0.15) is 0 Å². The summed E-state index contributed by atoms with van der Waals surface area (Å²) < 4.78 is 0. The second-order valence-corrected chi connectivity index (χ2v) is 3.32. The molecule has 5 nitrogen and oxygen atoms in total. The highest BCUT2D eigenvalue weighted by molar-refractivity contribution is 5.96. The van der Waals surface area contributed by atoms with E-state index in [1.54, 1.807) is 6.20 Å². The summed E-state index contributed by atoms with van der Waals surface area (Å²) in [4.78, 5) is 24.6. The Labute approximate surface area is 87.5 Å². The van der Waals surface area contributed by atoms with Gasteiger partial charge in [-0.15, -0.1) is 0 Å². The highest BCUT2D eigenvalue weighted by Gasteiger charge is 2.19. The third-order valence-corrected chi connectivity index (χ3v) is 2.14. The van der Waals surface area contributed by atoms with E-state index in [2.05, 4.69) is 10.3 Å². The summed E-state index contributed by atoms with van der Waals surface area (Å²) in [6.45, 7) is 1.82. The number of carboxylic acid groups (broad SMARTS) is 1. The van der Waals surface area contributed by atoms with E-state index < -0.39 is 17.8 Å². The van der Waals surface area contributed by atoms with Gasteiger partial charge in [0.15, 0.2) is 0 Å². The summed E-state index contributed by atoms with van der Waals surface area (Å²) in [5.41, 5.74) is 1.08. The molecule has 1 unspecified atom stereocenters. The summed E-state index contributed by atoms with van der Waals surface area (Å²) in [6, 6.07) is 1.91. The lowest BCUT2D eigenvalue weighted by Crippen LogP contribution is -2.34. The number of aliphatic carboxylic acids is 1. The van der Waals surface area contributed by atoms with E-state index in [-0.39, 0.29) is 0 Å². The van der Waals surface area contributed by atoms with Gasteiger partial charge in [0.2, 0.25) is 5.91 Å². The number of H-pyrrole nitrogens is 1. The predicted octanol–water partition coefficient (Wildman–Crippen LogP) is 0.394. The van der Waals surface area contributed by atoms with Crippen LogP contribution in [0.3, 0.4) is 0 Å². The van der Waals surface area contributed by atoms with Crippen molar-refractivity contribution in [2.75, 3.05) is 6.54 Å². The molecule has 0 spiro atoms. The molecule has 0 aliphatic rings. The van der Waals surface area contributed by atoms with Crippen LogP contribution in [0.25, 0.3) is 0 Å². The fourth-order valence-electron chi connectivity index (χ4n) is 1.11. The number of amides is 1. The van der Waals surface area contributed by atoms with E-state index >= 15 is 0 Å². The van der Waals surface area contributed by atoms with E-state index in [0.717, 1.165) is 5.56 Å². The van der Waals surface area contributed by atoms with Gasteiger partial charge in [0, 0.05) is 18.9 Å². The molecule has 0 bridgehead atoms. The van der Waals surface area contributed by atoms with Gasteiger partial charge < -0.3 is 15.4 Å². The highest BCUT2D eigenvalue weighted by Crippen LogP contribution is 1.98. The van der Waals surface area contributed by atoms with Crippen LogP contribution in [0.15, 0.2) is 18.5 Å². The van der Waals surface area contributed by atoms with Crippen LogP contribution in [0.2, 0.25) is 0 Å². The first kappa shape index (κ1) is 11.3. The lowest BCUT2D eigenvalue weighted by molar-refractivity contribution is -0.146. The minimum Gasteiger partial charge on any atom is -0.481 e. The minimum atomic E-state index is -1.10. The number of nitrogens with one attached hydrogen (secondary N) is 2. The van der Waals surface area contributed by atoms with Gasteiger partial charge in [0.25, 0.3) is 0 Å². The Kier molecular flexibility index (Phi) is 3.91. The molecule has 1 rings (SSSR count). The van der Waals surface area contributed by atoms with Gasteiger partial charge in [-0.1, -0.05) is 0 Å². The molecule has 0 saturated heterocycles. The third kappa shape index (κ3) is 3.46. The van der Waals surface area contributed by atoms with Crippen molar-refractivity contribution in [3.8, 4) is 0 Å².